The molecular weight excluding hydrogens is 256 g/mol. The summed E-state index contributed by atoms with van der Waals surface area (Å²) in [5, 5.41) is 0. The summed E-state index contributed by atoms with van der Waals surface area (Å²) in [6.45, 7) is 5.93. The van der Waals surface area contributed by atoms with Crippen molar-refractivity contribution in [3.63, 3.8) is 0 Å². The summed E-state index contributed by atoms with van der Waals surface area (Å²) in [6, 6.07) is 3.29. The van der Waals surface area contributed by atoms with Crippen LogP contribution in [-0.2, 0) is 16.4 Å². The highest BCUT2D eigenvalue weighted by Gasteiger charge is 2.18. The van der Waals surface area contributed by atoms with Crippen LogP contribution in [0.5, 0.6) is 0 Å². The molecule has 6 heteroatoms. The normalized spacial score (nSPS) is 13.5. The third-order valence-corrected chi connectivity index (χ3v) is 5.40. The van der Waals surface area contributed by atoms with Crippen LogP contribution in [0.3, 0.4) is 0 Å². The second kappa shape index (κ2) is 6.30. The lowest BCUT2D eigenvalue weighted by Crippen LogP contribution is -2.31. The smallest absolute Gasteiger partial charge is 0.250 e. The topological polar surface area (TPSA) is 72.2 Å². The zero-order valence-corrected chi connectivity index (χ0v) is 11.5. The fourth-order valence-corrected chi connectivity index (χ4v) is 4.04. The van der Waals surface area contributed by atoms with E-state index in [9.17, 15) is 8.42 Å². The highest BCUT2D eigenvalue weighted by atomic mass is 32.2. The highest BCUT2D eigenvalue weighted by Crippen LogP contribution is 2.22. The predicted molar refractivity (Wildman–Crippen MR) is 71.7 cm³/mol. The molecule has 0 aliphatic heterocycles. The predicted octanol–water partition coefficient (Wildman–Crippen LogP) is 1.49. The quantitative estimate of drug-likeness (QED) is 0.740. The van der Waals surface area contributed by atoms with E-state index in [1.54, 1.807) is 12.1 Å². The zero-order chi connectivity index (χ0) is 12.9. The van der Waals surface area contributed by atoms with Gasteiger partial charge in [0.2, 0.25) is 10.0 Å². The molecule has 1 unspecified atom stereocenters. The van der Waals surface area contributed by atoms with E-state index in [4.69, 9.17) is 5.73 Å². The van der Waals surface area contributed by atoms with Gasteiger partial charge in [0, 0.05) is 10.9 Å². The molecule has 1 aromatic rings. The highest BCUT2D eigenvalue weighted by molar-refractivity contribution is 7.91. The Morgan fingerprint density at radius 1 is 1.59 bits per heavy atom. The standard InChI is InChI=1S/C11H18N2O2S2/c1-3-4-9(2)13-17(14,15)11-6-5-10(16-11)7-8-12/h3,5-6,9,13H,1,4,7-8,12H2,2H3. The lowest BCUT2D eigenvalue weighted by Gasteiger charge is -2.10. The second-order valence-electron chi connectivity index (χ2n) is 3.81. The van der Waals surface area contributed by atoms with Crippen LogP contribution in [-0.4, -0.2) is 21.0 Å². The van der Waals surface area contributed by atoms with Gasteiger partial charge in [-0.2, -0.15) is 0 Å². The van der Waals surface area contributed by atoms with E-state index in [0.717, 1.165) is 4.88 Å². The van der Waals surface area contributed by atoms with E-state index in [2.05, 4.69) is 11.3 Å². The Hall–Kier alpha value is -0.690. The molecule has 1 atom stereocenters. The molecule has 0 fully saturated rings. The van der Waals surface area contributed by atoms with E-state index in [0.29, 0.717) is 23.6 Å². The number of hydrogen-bond acceptors (Lipinski definition) is 4. The maximum atomic E-state index is 12.0. The first-order valence-electron chi connectivity index (χ1n) is 5.41. The van der Waals surface area contributed by atoms with E-state index in [1.165, 1.54) is 11.3 Å². The van der Waals surface area contributed by atoms with Gasteiger partial charge in [-0.05, 0) is 38.4 Å². The maximum Gasteiger partial charge on any atom is 0.250 e. The van der Waals surface area contributed by atoms with Gasteiger partial charge in [-0.25, -0.2) is 13.1 Å². The lowest BCUT2D eigenvalue weighted by molar-refractivity contribution is 0.564. The van der Waals surface area contributed by atoms with E-state index >= 15 is 0 Å². The summed E-state index contributed by atoms with van der Waals surface area (Å²) in [4.78, 5) is 0.990. The van der Waals surface area contributed by atoms with Gasteiger partial charge in [-0.1, -0.05) is 6.08 Å². The Labute approximate surface area is 107 Å². The van der Waals surface area contributed by atoms with Crippen molar-refractivity contribution in [1.82, 2.24) is 4.72 Å². The maximum absolute atomic E-state index is 12.0. The lowest BCUT2D eigenvalue weighted by atomic mass is 10.3. The van der Waals surface area contributed by atoms with Crippen LogP contribution in [0.15, 0.2) is 29.0 Å². The van der Waals surface area contributed by atoms with E-state index in [-0.39, 0.29) is 6.04 Å². The zero-order valence-electron chi connectivity index (χ0n) is 9.85. The molecule has 0 spiro atoms. The first-order valence-corrected chi connectivity index (χ1v) is 7.71. The number of sulfonamides is 1. The van der Waals surface area contributed by atoms with Crippen molar-refractivity contribution in [1.29, 1.82) is 0 Å². The van der Waals surface area contributed by atoms with Crippen LogP contribution in [0.2, 0.25) is 0 Å². The van der Waals surface area contributed by atoms with E-state index in [1.807, 2.05) is 13.0 Å². The molecule has 3 N–H and O–H groups in total. The third kappa shape index (κ3) is 4.23. The molecule has 17 heavy (non-hydrogen) atoms. The van der Waals surface area contributed by atoms with Crippen molar-refractivity contribution < 1.29 is 8.42 Å². The Morgan fingerprint density at radius 2 is 2.29 bits per heavy atom. The molecule has 0 aliphatic rings. The van der Waals surface area contributed by atoms with Gasteiger partial charge in [-0.15, -0.1) is 17.9 Å². The molecule has 1 aromatic heterocycles. The van der Waals surface area contributed by atoms with Crippen LogP contribution in [0.1, 0.15) is 18.2 Å². The minimum absolute atomic E-state index is 0.141. The molecule has 4 nitrogen and oxygen atoms in total. The minimum atomic E-state index is -3.40. The van der Waals surface area contributed by atoms with Crippen molar-refractivity contribution in [2.45, 2.75) is 30.0 Å². The molecule has 0 aliphatic carbocycles. The molecule has 0 saturated carbocycles. The van der Waals surface area contributed by atoms with Crippen molar-refractivity contribution >= 4 is 21.4 Å². The Bertz CT molecular complexity index is 466. The average Bonchev–Trinajstić information content (AvgIpc) is 2.67. The monoisotopic (exact) mass is 274 g/mol. The summed E-state index contributed by atoms with van der Waals surface area (Å²) < 4.78 is 26.9. The molecule has 0 radical (unpaired) electrons. The largest absolute Gasteiger partial charge is 0.330 e. The van der Waals surface area contributed by atoms with Crippen LogP contribution < -0.4 is 10.5 Å². The van der Waals surface area contributed by atoms with Gasteiger partial charge in [0.25, 0.3) is 0 Å². The molecule has 96 valence electrons. The van der Waals surface area contributed by atoms with Gasteiger partial charge in [-0.3, -0.25) is 0 Å². The fourth-order valence-electron chi connectivity index (χ4n) is 1.40. The molecule has 0 amide bonds. The third-order valence-electron chi connectivity index (χ3n) is 2.17. The van der Waals surface area contributed by atoms with Gasteiger partial charge >= 0.3 is 0 Å². The summed E-state index contributed by atoms with van der Waals surface area (Å²) in [6.07, 6.45) is 3.02. The summed E-state index contributed by atoms with van der Waals surface area (Å²) in [5.41, 5.74) is 5.43. The Morgan fingerprint density at radius 3 is 2.88 bits per heavy atom. The molecular formula is C11H18N2O2S2. The van der Waals surface area contributed by atoms with E-state index < -0.39 is 10.0 Å². The van der Waals surface area contributed by atoms with Crippen LogP contribution >= 0.6 is 11.3 Å². The molecule has 0 aromatic carbocycles. The number of rotatable bonds is 7. The molecule has 1 rings (SSSR count). The molecule has 0 saturated heterocycles. The van der Waals surface area contributed by atoms with Crippen LogP contribution in [0.25, 0.3) is 0 Å². The van der Waals surface area contributed by atoms with Crippen LogP contribution in [0.4, 0.5) is 0 Å². The average molecular weight is 274 g/mol. The number of nitrogens with two attached hydrogens (primary N) is 1. The summed E-state index contributed by atoms with van der Waals surface area (Å²) in [5.74, 6) is 0. The number of hydrogen-bond donors (Lipinski definition) is 2. The Balaban J connectivity index is 2.78. The van der Waals surface area contributed by atoms with Crippen molar-refractivity contribution in [2.75, 3.05) is 6.54 Å². The van der Waals surface area contributed by atoms with Gasteiger partial charge < -0.3 is 5.73 Å². The second-order valence-corrected chi connectivity index (χ2v) is 6.92. The summed E-state index contributed by atoms with van der Waals surface area (Å²) in [7, 11) is -3.40. The SMILES string of the molecule is C=CCC(C)NS(=O)(=O)c1ccc(CCN)s1. The van der Waals surface area contributed by atoms with Gasteiger partial charge in [0.1, 0.15) is 4.21 Å². The minimum Gasteiger partial charge on any atom is -0.330 e. The fraction of sp³-hybridized carbons (Fsp3) is 0.455. The van der Waals surface area contributed by atoms with Crippen LogP contribution in [0, 0.1) is 0 Å². The Kier molecular flexibility index (Phi) is 5.32. The first-order chi connectivity index (χ1) is 7.99. The van der Waals surface area contributed by atoms with Crippen molar-refractivity contribution in [3.8, 4) is 0 Å². The van der Waals surface area contributed by atoms with Gasteiger partial charge in [0.05, 0.1) is 0 Å². The van der Waals surface area contributed by atoms with Crippen molar-refractivity contribution in [3.05, 3.63) is 29.7 Å². The molecule has 0 bridgehead atoms. The first kappa shape index (κ1) is 14.4. The number of thiophene rings is 1. The van der Waals surface area contributed by atoms with Crippen molar-refractivity contribution in [2.24, 2.45) is 5.73 Å². The van der Waals surface area contributed by atoms with Gasteiger partial charge in [0.15, 0.2) is 0 Å². The number of nitrogens with one attached hydrogen (secondary N) is 1. The summed E-state index contributed by atoms with van der Waals surface area (Å²) >= 11 is 1.27. The molecule has 1 heterocycles.